The molecule has 1 atom stereocenters. The number of hydrogen-bond donors (Lipinski definition) is 3. The summed E-state index contributed by atoms with van der Waals surface area (Å²) in [5.74, 6) is -0.487. The van der Waals surface area contributed by atoms with Gasteiger partial charge in [0.2, 0.25) is 5.91 Å². The Labute approximate surface area is 156 Å². The second kappa shape index (κ2) is 7.15. The first-order valence-corrected chi connectivity index (χ1v) is 8.92. The lowest BCUT2D eigenvalue weighted by molar-refractivity contribution is -0.141. The van der Waals surface area contributed by atoms with Crippen LogP contribution in [0.25, 0.3) is 10.9 Å². The fourth-order valence-electron chi connectivity index (χ4n) is 3.50. The molecule has 0 aliphatic carbocycles. The van der Waals surface area contributed by atoms with Crippen LogP contribution in [-0.2, 0) is 28.9 Å². The van der Waals surface area contributed by atoms with Gasteiger partial charge in [0.05, 0.1) is 13.0 Å². The van der Waals surface area contributed by atoms with Crippen LogP contribution in [0.2, 0.25) is 0 Å². The number of carbonyl (C=O) groups is 2. The number of aliphatic carboxylic acids is 1. The van der Waals surface area contributed by atoms with E-state index < -0.39 is 12.0 Å². The van der Waals surface area contributed by atoms with E-state index in [9.17, 15) is 14.7 Å². The Bertz CT molecular complexity index is 1010. The van der Waals surface area contributed by atoms with Crippen molar-refractivity contribution in [1.29, 1.82) is 0 Å². The summed E-state index contributed by atoms with van der Waals surface area (Å²) in [4.78, 5) is 27.2. The van der Waals surface area contributed by atoms with E-state index in [4.69, 9.17) is 4.74 Å². The van der Waals surface area contributed by atoms with Crippen molar-refractivity contribution in [3.63, 3.8) is 0 Å². The molecule has 0 fully saturated rings. The Kier molecular flexibility index (Phi) is 4.54. The van der Waals surface area contributed by atoms with Crippen LogP contribution in [0.1, 0.15) is 16.7 Å². The first-order chi connectivity index (χ1) is 13.1. The lowest BCUT2D eigenvalue weighted by Gasteiger charge is -2.14. The van der Waals surface area contributed by atoms with Gasteiger partial charge in [0.1, 0.15) is 11.8 Å². The molecule has 1 aliphatic heterocycles. The topological polar surface area (TPSA) is 91.4 Å². The summed E-state index contributed by atoms with van der Waals surface area (Å²) in [6.45, 7) is 0.663. The molecule has 3 N–H and O–H groups in total. The van der Waals surface area contributed by atoms with Crippen LogP contribution in [0.3, 0.4) is 0 Å². The molecule has 0 saturated heterocycles. The van der Waals surface area contributed by atoms with Gasteiger partial charge in [0, 0.05) is 29.9 Å². The van der Waals surface area contributed by atoms with Crippen molar-refractivity contribution in [3.05, 3.63) is 65.4 Å². The van der Waals surface area contributed by atoms with E-state index >= 15 is 0 Å². The van der Waals surface area contributed by atoms with E-state index in [0.29, 0.717) is 6.61 Å². The number of benzene rings is 2. The molecule has 4 rings (SSSR count). The number of ether oxygens (including phenoxy) is 1. The summed E-state index contributed by atoms with van der Waals surface area (Å²) in [5, 5.41) is 13.2. The molecule has 0 bridgehead atoms. The normalized spacial score (nSPS) is 13.8. The third-order valence-corrected chi connectivity index (χ3v) is 4.85. The molecule has 2 heterocycles. The first-order valence-electron chi connectivity index (χ1n) is 8.92. The van der Waals surface area contributed by atoms with Crippen LogP contribution < -0.4 is 10.1 Å². The van der Waals surface area contributed by atoms with E-state index in [1.165, 1.54) is 0 Å². The maximum atomic E-state index is 12.4. The zero-order chi connectivity index (χ0) is 18.8. The average Bonchev–Trinajstić information content (AvgIpc) is 3.27. The van der Waals surface area contributed by atoms with Gasteiger partial charge in [-0.05, 0) is 28.8 Å². The fourth-order valence-corrected chi connectivity index (χ4v) is 3.50. The van der Waals surface area contributed by atoms with E-state index in [2.05, 4.69) is 10.3 Å². The Morgan fingerprint density at radius 3 is 2.93 bits per heavy atom. The number of H-pyrrole nitrogens is 1. The number of fused-ring (bicyclic) bond motifs is 2. The van der Waals surface area contributed by atoms with E-state index in [0.717, 1.165) is 39.8 Å². The summed E-state index contributed by atoms with van der Waals surface area (Å²) in [6, 6.07) is 12.4. The molecule has 1 aromatic heterocycles. The number of aromatic amines is 1. The number of aromatic nitrogens is 1. The van der Waals surface area contributed by atoms with Crippen LogP contribution in [0.5, 0.6) is 5.75 Å². The Morgan fingerprint density at radius 2 is 2.07 bits per heavy atom. The van der Waals surface area contributed by atoms with Crippen molar-refractivity contribution < 1.29 is 19.4 Å². The molecule has 138 valence electrons. The highest BCUT2D eigenvalue weighted by Crippen LogP contribution is 2.26. The number of para-hydroxylation sites is 1. The number of carboxylic acid groups (broad SMARTS) is 1. The van der Waals surface area contributed by atoms with Crippen molar-refractivity contribution in [1.82, 2.24) is 10.3 Å². The van der Waals surface area contributed by atoms with E-state index in [1.807, 2.05) is 42.5 Å². The highest BCUT2D eigenvalue weighted by atomic mass is 16.5. The maximum Gasteiger partial charge on any atom is 0.326 e. The number of carbonyl (C=O) groups excluding carboxylic acids is 1. The van der Waals surface area contributed by atoms with E-state index in [1.54, 1.807) is 6.20 Å². The number of nitrogens with one attached hydrogen (secondary N) is 2. The number of carboxylic acids is 1. The fraction of sp³-hybridized carbons (Fsp3) is 0.238. The van der Waals surface area contributed by atoms with Crippen molar-refractivity contribution in [2.45, 2.75) is 25.3 Å². The summed E-state index contributed by atoms with van der Waals surface area (Å²) < 4.78 is 5.47. The van der Waals surface area contributed by atoms with Gasteiger partial charge in [0.15, 0.2) is 0 Å². The molecule has 27 heavy (non-hydrogen) atoms. The second-order valence-corrected chi connectivity index (χ2v) is 6.74. The summed E-state index contributed by atoms with van der Waals surface area (Å²) >= 11 is 0. The lowest BCUT2D eigenvalue weighted by Crippen LogP contribution is -2.43. The van der Waals surface area contributed by atoms with Crippen LogP contribution >= 0.6 is 0 Å². The van der Waals surface area contributed by atoms with Gasteiger partial charge in [-0.15, -0.1) is 0 Å². The molecule has 0 unspecified atom stereocenters. The predicted octanol–water partition coefficient (Wildman–Crippen LogP) is 2.46. The minimum Gasteiger partial charge on any atom is -0.493 e. The van der Waals surface area contributed by atoms with Crippen molar-refractivity contribution in [2.75, 3.05) is 6.61 Å². The highest BCUT2D eigenvalue weighted by molar-refractivity contribution is 5.87. The highest BCUT2D eigenvalue weighted by Gasteiger charge is 2.22. The molecule has 0 spiro atoms. The van der Waals surface area contributed by atoms with Gasteiger partial charge in [-0.3, -0.25) is 4.79 Å². The van der Waals surface area contributed by atoms with Gasteiger partial charge in [-0.2, -0.15) is 0 Å². The van der Waals surface area contributed by atoms with E-state index in [-0.39, 0.29) is 18.7 Å². The third-order valence-electron chi connectivity index (χ3n) is 4.85. The average molecular weight is 364 g/mol. The lowest BCUT2D eigenvalue weighted by atomic mass is 10.0. The monoisotopic (exact) mass is 364 g/mol. The number of amides is 1. The quantitative estimate of drug-likeness (QED) is 0.627. The van der Waals surface area contributed by atoms with Gasteiger partial charge >= 0.3 is 5.97 Å². The molecular weight excluding hydrogens is 344 g/mol. The van der Waals surface area contributed by atoms with Gasteiger partial charge < -0.3 is 20.1 Å². The molecule has 6 heteroatoms. The molecule has 0 radical (unpaired) electrons. The number of rotatable bonds is 6. The summed E-state index contributed by atoms with van der Waals surface area (Å²) in [7, 11) is 0. The predicted molar refractivity (Wildman–Crippen MR) is 101 cm³/mol. The molecule has 1 amide bonds. The van der Waals surface area contributed by atoms with Crippen LogP contribution in [0.4, 0.5) is 0 Å². The first kappa shape index (κ1) is 17.1. The number of hydrogen-bond acceptors (Lipinski definition) is 3. The standard InChI is InChI=1S/C21H20N2O4/c24-20(10-13-5-6-19-14(9-13)7-8-27-19)23-18(21(25)26)11-15-12-22-17-4-2-1-3-16(15)17/h1-6,9,12,18,22H,7-8,10-11H2,(H,23,24)(H,25,26)/t18-/m0/s1. The molecule has 6 nitrogen and oxygen atoms in total. The van der Waals surface area contributed by atoms with Gasteiger partial charge in [0.25, 0.3) is 0 Å². The van der Waals surface area contributed by atoms with Crippen molar-refractivity contribution in [3.8, 4) is 5.75 Å². The zero-order valence-corrected chi connectivity index (χ0v) is 14.7. The molecule has 1 aliphatic rings. The molecule has 0 saturated carbocycles. The minimum atomic E-state index is -1.05. The SMILES string of the molecule is O=C(Cc1ccc2c(c1)CCO2)N[C@@H](Cc1c[nH]c2ccccc12)C(=O)O. The third kappa shape index (κ3) is 3.65. The molecule has 2 aromatic carbocycles. The van der Waals surface area contributed by atoms with Gasteiger partial charge in [-0.1, -0.05) is 30.3 Å². The Morgan fingerprint density at radius 1 is 1.22 bits per heavy atom. The summed E-state index contributed by atoms with van der Waals surface area (Å²) in [5.41, 5.74) is 3.76. The smallest absolute Gasteiger partial charge is 0.326 e. The van der Waals surface area contributed by atoms with Crippen molar-refractivity contribution >= 4 is 22.8 Å². The minimum absolute atomic E-state index is 0.144. The van der Waals surface area contributed by atoms with Gasteiger partial charge in [-0.25, -0.2) is 4.79 Å². The van der Waals surface area contributed by atoms with Crippen LogP contribution in [0, 0.1) is 0 Å². The Hall–Kier alpha value is -3.28. The molecular formula is C21H20N2O4. The maximum absolute atomic E-state index is 12.4. The van der Waals surface area contributed by atoms with Crippen molar-refractivity contribution in [2.24, 2.45) is 0 Å². The second-order valence-electron chi connectivity index (χ2n) is 6.74. The Balaban J connectivity index is 1.45. The zero-order valence-electron chi connectivity index (χ0n) is 14.7. The summed E-state index contributed by atoms with van der Waals surface area (Å²) in [6.07, 6.45) is 3.00. The molecule has 3 aromatic rings. The van der Waals surface area contributed by atoms with Crippen LogP contribution in [0.15, 0.2) is 48.7 Å². The van der Waals surface area contributed by atoms with Crippen LogP contribution in [-0.4, -0.2) is 34.6 Å². The largest absolute Gasteiger partial charge is 0.493 e.